The molecule has 0 fully saturated rings. The number of aromatic nitrogens is 2. The van der Waals surface area contributed by atoms with Gasteiger partial charge in [0.2, 0.25) is 5.13 Å². The Morgan fingerprint density at radius 1 is 1.07 bits per heavy atom. The molecule has 2 aromatic carbocycles. The molecule has 0 aliphatic rings. The highest BCUT2D eigenvalue weighted by molar-refractivity contribution is 8.01. The molecule has 3 aromatic rings. The van der Waals surface area contributed by atoms with Gasteiger partial charge < -0.3 is 5.32 Å². The van der Waals surface area contributed by atoms with Gasteiger partial charge in [0, 0.05) is 11.3 Å². The van der Waals surface area contributed by atoms with Crippen LogP contribution in [0.5, 0.6) is 0 Å². The van der Waals surface area contributed by atoms with Gasteiger partial charge in [0.25, 0.3) is 0 Å². The van der Waals surface area contributed by atoms with Gasteiger partial charge in [-0.3, -0.25) is 4.79 Å². The number of anilines is 2. The largest absolute Gasteiger partial charge is 0.330 e. The normalized spacial score (nSPS) is 11.0. The quantitative estimate of drug-likeness (QED) is 0.376. The monoisotopic (exact) mass is 397 g/mol. The zero-order valence-electron chi connectivity index (χ0n) is 15.7. The first-order valence-electron chi connectivity index (χ1n) is 9.00. The van der Waals surface area contributed by atoms with Crippen molar-refractivity contribution in [2.24, 2.45) is 0 Å². The lowest BCUT2D eigenvalue weighted by molar-refractivity contribution is 0.102. The van der Waals surface area contributed by atoms with Gasteiger partial charge in [-0.1, -0.05) is 80.3 Å². The SMILES string of the molecule is CCc1ccc(C(=O)CSc2nnc(Nc3ccc(C(C)C)cc3)s2)cc1. The van der Waals surface area contributed by atoms with Crippen LogP contribution in [0.1, 0.15) is 48.2 Å². The molecule has 4 nitrogen and oxygen atoms in total. The van der Waals surface area contributed by atoms with Crippen molar-refractivity contribution >= 4 is 39.7 Å². The predicted octanol–water partition coefficient (Wildman–Crippen LogP) is 5.94. The summed E-state index contributed by atoms with van der Waals surface area (Å²) in [7, 11) is 0. The van der Waals surface area contributed by atoms with Gasteiger partial charge in [-0.05, 0) is 35.6 Å². The summed E-state index contributed by atoms with van der Waals surface area (Å²) < 4.78 is 0.787. The molecule has 0 atom stereocenters. The molecule has 0 aliphatic heterocycles. The standard InChI is InChI=1S/C21H23N3OS2/c1-4-15-5-7-17(8-6-15)19(25)13-26-21-24-23-20(27-21)22-18-11-9-16(10-12-18)14(2)3/h5-12,14H,4,13H2,1-3H3,(H,22,23). The van der Waals surface area contributed by atoms with Crippen LogP contribution in [0.2, 0.25) is 0 Å². The summed E-state index contributed by atoms with van der Waals surface area (Å²) in [6.45, 7) is 6.46. The molecule has 27 heavy (non-hydrogen) atoms. The third-order valence-electron chi connectivity index (χ3n) is 4.25. The maximum Gasteiger partial charge on any atom is 0.210 e. The summed E-state index contributed by atoms with van der Waals surface area (Å²) in [5, 5.41) is 12.3. The zero-order valence-corrected chi connectivity index (χ0v) is 17.4. The summed E-state index contributed by atoms with van der Waals surface area (Å²) in [6.07, 6.45) is 0.976. The van der Waals surface area contributed by atoms with E-state index >= 15 is 0 Å². The lowest BCUT2D eigenvalue weighted by Crippen LogP contribution is -2.02. The van der Waals surface area contributed by atoms with Gasteiger partial charge in [-0.2, -0.15) is 0 Å². The van der Waals surface area contributed by atoms with Crippen molar-refractivity contribution in [2.75, 3.05) is 11.1 Å². The summed E-state index contributed by atoms with van der Waals surface area (Å²) in [6, 6.07) is 16.1. The molecule has 0 saturated heterocycles. The Morgan fingerprint density at radius 3 is 2.41 bits per heavy atom. The number of carbonyl (C=O) groups excluding carboxylic acids is 1. The van der Waals surface area contributed by atoms with E-state index in [-0.39, 0.29) is 5.78 Å². The predicted molar refractivity (Wildman–Crippen MR) is 115 cm³/mol. The van der Waals surface area contributed by atoms with E-state index in [4.69, 9.17) is 0 Å². The van der Waals surface area contributed by atoms with E-state index in [0.29, 0.717) is 11.7 Å². The summed E-state index contributed by atoms with van der Waals surface area (Å²) in [5.41, 5.74) is 4.27. The highest BCUT2D eigenvalue weighted by atomic mass is 32.2. The highest BCUT2D eigenvalue weighted by Crippen LogP contribution is 2.28. The van der Waals surface area contributed by atoms with Crippen LogP contribution in [0.25, 0.3) is 0 Å². The average molecular weight is 398 g/mol. The smallest absolute Gasteiger partial charge is 0.210 e. The summed E-state index contributed by atoms with van der Waals surface area (Å²) in [4.78, 5) is 12.3. The fourth-order valence-electron chi connectivity index (χ4n) is 2.53. The number of hydrogen-bond donors (Lipinski definition) is 1. The molecule has 0 unspecified atom stereocenters. The Morgan fingerprint density at radius 2 is 1.78 bits per heavy atom. The van der Waals surface area contributed by atoms with E-state index in [1.807, 2.05) is 36.4 Å². The van der Waals surface area contributed by atoms with Crippen LogP contribution in [0.3, 0.4) is 0 Å². The number of nitrogens with zero attached hydrogens (tertiary/aromatic N) is 2. The molecule has 1 aromatic heterocycles. The molecule has 0 saturated carbocycles. The van der Waals surface area contributed by atoms with Crippen LogP contribution in [0.4, 0.5) is 10.8 Å². The molecule has 0 spiro atoms. The van der Waals surface area contributed by atoms with Crippen molar-refractivity contribution in [2.45, 2.75) is 37.4 Å². The lowest BCUT2D eigenvalue weighted by Gasteiger charge is -2.06. The highest BCUT2D eigenvalue weighted by Gasteiger charge is 2.10. The first-order valence-corrected chi connectivity index (χ1v) is 10.8. The molecule has 1 heterocycles. The first-order chi connectivity index (χ1) is 13.0. The van der Waals surface area contributed by atoms with Crippen LogP contribution < -0.4 is 5.32 Å². The van der Waals surface area contributed by atoms with Crippen LogP contribution in [0, 0.1) is 0 Å². The number of rotatable bonds is 8. The van der Waals surface area contributed by atoms with Crippen molar-refractivity contribution in [1.82, 2.24) is 10.2 Å². The molecule has 0 aliphatic carbocycles. The number of thioether (sulfide) groups is 1. The molecule has 0 amide bonds. The van der Waals surface area contributed by atoms with E-state index in [1.54, 1.807) is 0 Å². The fourth-order valence-corrected chi connectivity index (χ4v) is 4.20. The number of benzene rings is 2. The average Bonchev–Trinajstić information content (AvgIpc) is 3.14. The van der Waals surface area contributed by atoms with Crippen LogP contribution in [-0.2, 0) is 6.42 Å². The summed E-state index contributed by atoms with van der Waals surface area (Å²) >= 11 is 2.89. The van der Waals surface area contributed by atoms with Gasteiger partial charge in [-0.15, -0.1) is 10.2 Å². The number of hydrogen-bond acceptors (Lipinski definition) is 6. The van der Waals surface area contributed by atoms with Crippen molar-refractivity contribution in [1.29, 1.82) is 0 Å². The van der Waals surface area contributed by atoms with Gasteiger partial charge >= 0.3 is 0 Å². The molecule has 3 rings (SSSR count). The molecular weight excluding hydrogens is 374 g/mol. The second-order valence-electron chi connectivity index (χ2n) is 6.54. The fraction of sp³-hybridized carbons (Fsp3) is 0.286. The first kappa shape index (κ1) is 19.6. The van der Waals surface area contributed by atoms with E-state index in [9.17, 15) is 4.79 Å². The number of Topliss-reactive ketones (excluding diaryl/α,β-unsaturated/α-hetero) is 1. The van der Waals surface area contributed by atoms with Crippen molar-refractivity contribution in [3.05, 3.63) is 65.2 Å². The zero-order chi connectivity index (χ0) is 19.2. The summed E-state index contributed by atoms with van der Waals surface area (Å²) in [5.74, 6) is 0.986. The van der Waals surface area contributed by atoms with Crippen LogP contribution in [-0.4, -0.2) is 21.7 Å². The van der Waals surface area contributed by atoms with Crippen molar-refractivity contribution < 1.29 is 4.79 Å². The maximum atomic E-state index is 12.3. The van der Waals surface area contributed by atoms with Crippen LogP contribution in [0.15, 0.2) is 52.9 Å². The molecule has 6 heteroatoms. The molecular formula is C21H23N3OS2. The van der Waals surface area contributed by atoms with Gasteiger partial charge in [-0.25, -0.2) is 0 Å². The third-order valence-corrected chi connectivity index (χ3v) is 6.22. The minimum atomic E-state index is 0.108. The minimum absolute atomic E-state index is 0.108. The van der Waals surface area contributed by atoms with E-state index in [0.717, 1.165) is 27.1 Å². The Bertz CT molecular complexity index is 887. The minimum Gasteiger partial charge on any atom is -0.330 e. The second kappa shape index (κ2) is 9.15. The number of ketones is 1. The van der Waals surface area contributed by atoms with E-state index in [2.05, 4.69) is 48.4 Å². The molecule has 0 radical (unpaired) electrons. The second-order valence-corrected chi connectivity index (χ2v) is 8.74. The van der Waals surface area contributed by atoms with Crippen molar-refractivity contribution in [3.63, 3.8) is 0 Å². The van der Waals surface area contributed by atoms with E-state index in [1.165, 1.54) is 34.2 Å². The van der Waals surface area contributed by atoms with Gasteiger partial charge in [0.15, 0.2) is 10.1 Å². The van der Waals surface area contributed by atoms with Crippen molar-refractivity contribution in [3.8, 4) is 0 Å². The Labute approximate surface area is 168 Å². The maximum absolute atomic E-state index is 12.3. The Hall–Kier alpha value is -2.18. The number of carbonyl (C=O) groups is 1. The lowest BCUT2D eigenvalue weighted by atomic mass is 10.0. The van der Waals surface area contributed by atoms with Gasteiger partial charge in [0.1, 0.15) is 0 Å². The topological polar surface area (TPSA) is 54.9 Å². The molecule has 0 bridgehead atoms. The molecule has 140 valence electrons. The third kappa shape index (κ3) is 5.40. The number of nitrogens with one attached hydrogen (secondary N) is 1. The van der Waals surface area contributed by atoms with Gasteiger partial charge in [0.05, 0.1) is 5.75 Å². The number of aryl methyl sites for hydroxylation is 1. The Balaban J connectivity index is 1.55. The Kier molecular flexibility index (Phi) is 6.63. The van der Waals surface area contributed by atoms with E-state index < -0.39 is 0 Å². The molecule has 1 N–H and O–H groups in total. The van der Waals surface area contributed by atoms with Crippen LogP contribution >= 0.6 is 23.1 Å².